The zero-order chi connectivity index (χ0) is 24.4. The number of carboxylic acid groups (broad SMARTS) is 1. The highest BCUT2D eigenvalue weighted by atomic mass is 32.2. The van der Waals surface area contributed by atoms with Crippen LogP contribution in [0.25, 0.3) is 0 Å². The second-order valence-electron chi connectivity index (χ2n) is 7.30. The molecule has 0 radical (unpaired) electrons. The van der Waals surface area contributed by atoms with E-state index in [0.29, 0.717) is 0 Å². The zero-order valence-electron chi connectivity index (χ0n) is 18.1. The van der Waals surface area contributed by atoms with Gasteiger partial charge >= 0.3 is 5.97 Å². The maximum Gasteiger partial charge on any atom is 0.356 e. The quantitative estimate of drug-likeness (QED) is 0.144. The van der Waals surface area contributed by atoms with Crippen LogP contribution in [0.2, 0.25) is 0 Å². The number of nitrogens with one attached hydrogen (secondary N) is 1. The Morgan fingerprint density at radius 3 is 2.82 bits per heavy atom. The Labute approximate surface area is 202 Å². The van der Waals surface area contributed by atoms with Gasteiger partial charge in [-0.05, 0) is 0 Å². The number of amides is 2. The Morgan fingerprint density at radius 1 is 1.47 bits per heavy atom. The third-order valence-corrected chi connectivity index (χ3v) is 6.81. The lowest BCUT2D eigenvalue weighted by Gasteiger charge is -2.49. The average Bonchev–Trinajstić information content (AvgIpc) is 3.25. The fourth-order valence-electron chi connectivity index (χ4n) is 3.50. The number of fused-ring (bicyclic) bond motifs is 1. The molecule has 1 fully saturated rings. The number of hydrogen-bond acceptors (Lipinski definition) is 10. The van der Waals surface area contributed by atoms with Gasteiger partial charge in [0.2, 0.25) is 0 Å². The van der Waals surface area contributed by atoms with Crippen LogP contribution in [0.5, 0.6) is 0 Å². The largest absolute Gasteiger partial charge is 0.492 e. The number of pyridine rings is 1. The number of nitrogens with zero attached hydrogens (tertiary/aromatic N) is 4. The number of carbonyl (C=O) groups excluding carboxylic acids is 2. The molecule has 2 amide bonds. The van der Waals surface area contributed by atoms with Crippen LogP contribution >= 0.6 is 23.1 Å². The number of nitrogen functional groups attached to an aromatic ring is 1. The van der Waals surface area contributed by atoms with Crippen molar-refractivity contribution in [1.82, 2.24) is 15.2 Å². The van der Waals surface area contributed by atoms with Crippen LogP contribution in [0.3, 0.4) is 0 Å². The van der Waals surface area contributed by atoms with E-state index in [4.69, 9.17) is 15.3 Å². The number of thioether (sulfide) groups is 1. The number of aromatic nitrogens is 2. The molecule has 0 aromatic carbocycles. The molecule has 2 aromatic heterocycles. The molecule has 4 heterocycles. The molecule has 4 N–H and O–H groups in total. The van der Waals surface area contributed by atoms with Crippen molar-refractivity contribution < 1.29 is 33.6 Å². The Hall–Kier alpha value is -3.65. The molecule has 2 aliphatic heterocycles. The normalized spacial score (nSPS) is 19.8. The first-order valence-corrected chi connectivity index (χ1v) is 11.8. The first kappa shape index (κ1) is 23.5. The lowest BCUT2D eigenvalue weighted by Crippen LogP contribution is -2.73. The van der Waals surface area contributed by atoms with Crippen LogP contribution in [0.4, 0.5) is 5.13 Å². The predicted octanol–water partition coefficient (Wildman–Crippen LogP) is -0.285. The van der Waals surface area contributed by atoms with E-state index in [1.54, 1.807) is 0 Å². The van der Waals surface area contributed by atoms with E-state index in [9.17, 15) is 19.5 Å². The van der Waals surface area contributed by atoms with E-state index in [-0.39, 0.29) is 40.4 Å². The zero-order valence-corrected chi connectivity index (χ0v) is 19.8. The predicted molar refractivity (Wildman–Crippen MR) is 122 cm³/mol. The van der Waals surface area contributed by atoms with E-state index in [1.165, 1.54) is 24.3 Å². The monoisotopic (exact) mass is 505 g/mol. The number of thiazole rings is 1. The Balaban J connectivity index is 1.48. The Kier molecular flexibility index (Phi) is 6.70. The van der Waals surface area contributed by atoms with Gasteiger partial charge in [-0.25, -0.2) is 14.3 Å². The molecule has 2 atom stereocenters. The summed E-state index contributed by atoms with van der Waals surface area (Å²) in [7, 11) is 3.16. The van der Waals surface area contributed by atoms with E-state index in [0.717, 1.165) is 21.1 Å². The van der Waals surface area contributed by atoms with Gasteiger partial charge in [0, 0.05) is 22.4 Å². The van der Waals surface area contributed by atoms with Gasteiger partial charge in [-0.3, -0.25) is 14.5 Å². The molecular formula is C20H21N6O6S2+. The summed E-state index contributed by atoms with van der Waals surface area (Å²) in [6, 6.07) is 2.14. The lowest BCUT2D eigenvalue weighted by atomic mass is 9.92. The molecular weight excluding hydrogens is 484 g/mol. The summed E-state index contributed by atoms with van der Waals surface area (Å²) >= 11 is 2.51. The van der Waals surface area contributed by atoms with Crippen molar-refractivity contribution in [2.75, 3.05) is 25.2 Å². The van der Waals surface area contributed by atoms with Gasteiger partial charge in [-0.1, -0.05) is 5.16 Å². The second kappa shape index (κ2) is 9.69. The molecule has 12 nitrogen and oxygen atoms in total. The number of aryl methyl sites for hydroxylation is 1. The molecule has 0 aliphatic carbocycles. The number of aliphatic carboxylic acids is 1. The summed E-state index contributed by atoms with van der Waals surface area (Å²) in [4.78, 5) is 48.5. The minimum Gasteiger partial charge on any atom is -0.492 e. The van der Waals surface area contributed by atoms with E-state index in [2.05, 4.69) is 15.5 Å². The topological polar surface area (TPSA) is 160 Å². The van der Waals surface area contributed by atoms with Gasteiger partial charge < -0.3 is 25.7 Å². The third-order valence-electron chi connectivity index (χ3n) is 5.12. The molecule has 0 bridgehead atoms. The molecule has 4 rings (SSSR count). The highest BCUT2D eigenvalue weighted by Crippen LogP contribution is 2.35. The minimum absolute atomic E-state index is 0.0352. The number of hydrogen-bond donors (Lipinski definition) is 3. The minimum atomic E-state index is -1.28. The lowest BCUT2D eigenvalue weighted by molar-refractivity contribution is -0.671. The standard InChI is InChI=1S/C20H20N6O6S2/c1-25-5-3-10(4-6-25)33-9-13-16(19(29)30)26-12(7-32-13)15(18(26)28)23-17(27)14(24-31-2)11-8-34-20(21)22-11/h3-6,8,12,15H,7,9H2,1-2H3,(H3-,21,22,23,27,29,30)/p+1/b24-14+/t12-,15+/m1/s1. The summed E-state index contributed by atoms with van der Waals surface area (Å²) in [6.45, 7) is 0.0352. The number of ether oxygens (including phenoxy) is 1. The molecule has 0 saturated carbocycles. The number of carbonyl (C=O) groups is 3. The van der Waals surface area contributed by atoms with Crippen LogP contribution in [-0.4, -0.2) is 70.0 Å². The average molecular weight is 506 g/mol. The number of β-lactam (4-membered cyclic amide) rings is 1. The first-order chi connectivity index (χ1) is 16.3. The summed E-state index contributed by atoms with van der Waals surface area (Å²) < 4.78 is 7.61. The van der Waals surface area contributed by atoms with Crippen molar-refractivity contribution in [3.63, 3.8) is 0 Å². The smallest absolute Gasteiger partial charge is 0.356 e. The number of carboxylic acids is 1. The van der Waals surface area contributed by atoms with E-state index in [1.807, 2.05) is 36.1 Å². The second-order valence-corrected chi connectivity index (χ2v) is 9.23. The molecule has 178 valence electrons. The number of nitrogens with two attached hydrogens (primary N) is 1. The van der Waals surface area contributed by atoms with Gasteiger partial charge in [0.25, 0.3) is 11.8 Å². The van der Waals surface area contributed by atoms with Crippen LogP contribution in [0.1, 0.15) is 5.69 Å². The summed E-state index contributed by atoms with van der Waals surface area (Å²) in [6.07, 6.45) is 3.75. The van der Waals surface area contributed by atoms with E-state index >= 15 is 0 Å². The third kappa shape index (κ3) is 4.54. The van der Waals surface area contributed by atoms with Crippen molar-refractivity contribution in [2.45, 2.75) is 17.0 Å². The van der Waals surface area contributed by atoms with Crippen LogP contribution in [-0.2, 0) is 31.0 Å². The van der Waals surface area contributed by atoms with Crippen LogP contribution in [0.15, 0.2) is 51.4 Å². The van der Waals surface area contributed by atoms with Gasteiger partial charge in [0.15, 0.2) is 28.9 Å². The molecule has 1 saturated heterocycles. The molecule has 34 heavy (non-hydrogen) atoms. The van der Waals surface area contributed by atoms with Crippen molar-refractivity contribution >= 4 is 51.7 Å². The molecule has 0 unspecified atom stereocenters. The van der Waals surface area contributed by atoms with E-state index < -0.39 is 29.9 Å². The van der Waals surface area contributed by atoms with Crippen molar-refractivity contribution in [3.8, 4) is 0 Å². The molecule has 0 spiro atoms. The molecule has 2 aliphatic rings. The van der Waals surface area contributed by atoms with Gasteiger partial charge in [-0.2, -0.15) is 0 Å². The highest BCUT2D eigenvalue weighted by molar-refractivity contribution is 7.99. The highest BCUT2D eigenvalue weighted by Gasteiger charge is 2.55. The van der Waals surface area contributed by atoms with Crippen LogP contribution < -0.4 is 15.6 Å². The van der Waals surface area contributed by atoms with Crippen LogP contribution in [0, 0.1) is 0 Å². The molecule has 2 aromatic rings. The fraction of sp³-hybridized carbons (Fsp3) is 0.300. The SMILES string of the molecule is CO/N=C(/C(=O)N[C@@H]1C(=O)N2C(C(=O)O)=C(CSc3cc[n+](C)cc3)OC[C@H]12)c1csc(N)n1. The Morgan fingerprint density at radius 2 is 2.21 bits per heavy atom. The maximum atomic E-state index is 12.9. The fourth-order valence-corrected chi connectivity index (χ4v) is 4.88. The molecule has 14 heteroatoms. The van der Waals surface area contributed by atoms with Crippen molar-refractivity contribution in [3.05, 3.63) is 47.1 Å². The Bertz CT molecular complexity index is 1190. The first-order valence-electron chi connectivity index (χ1n) is 9.94. The summed E-state index contributed by atoms with van der Waals surface area (Å²) in [5, 5.41) is 17.8. The van der Waals surface area contributed by atoms with Gasteiger partial charge in [0.1, 0.15) is 44.3 Å². The number of oxime groups is 1. The van der Waals surface area contributed by atoms with Gasteiger partial charge in [0.05, 0.1) is 5.75 Å². The van der Waals surface area contributed by atoms with Gasteiger partial charge in [-0.15, -0.1) is 23.1 Å². The number of rotatable bonds is 8. The van der Waals surface area contributed by atoms with Crippen molar-refractivity contribution in [1.29, 1.82) is 0 Å². The summed E-state index contributed by atoms with van der Waals surface area (Å²) in [5.41, 5.74) is 5.45. The maximum absolute atomic E-state index is 12.9. The van der Waals surface area contributed by atoms with Crippen molar-refractivity contribution in [2.24, 2.45) is 12.2 Å². The summed E-state index contributed by atoms with van der Waals surface area (Å²) in [5.74, 6) is -2.11. The number of anilines is 1.